The van der Waals surface area contributed by atoms with Crippen LogP contribution >= 0.6 is 11.8 Å². The zero-order valence-corrected chi connectivity index (χ0v) is 12.8. The van der Waals surface area contributed by atoms with Crippen LogP contribution in [0.4, 0.5) is 4.39 Å². The van der Waals surface area contributed by atoms with Crippen molar-refractivity contribution >= 4 is 11.8 Å². The van der Waals surface area contributed by atoms with Crippen LogP contribution in [0.5, 0.6) is 0 Å². The largest absolute Gasteiger partial charge is 0.330 e. The molecule has 0 saturated heterocycles. The van der Waals surface area contributed by atoms with E-state index >= 15 is 0 Å². The van der Waals surface area contributed by atoms with Crippen LogP contribution in [0.15, 0.2) is 53.4 Å². The molecule has 21 heavy (non-hydrogen) atoms. The summed E-state index contributed by atoms with van der Waals surface area (Å²) in [6, 6.07) is 15.4. The van der Waals surface area contributed by atoms with Gasteiger partial charge in [-0.3, -0.25) is 0 Å². The molecule has 0 fully saturated rings. The Morgan fingerprint density at radius 1 is 1.14 bits per heavy atom. The van der Waals surface area contributed by atoms with E-state index in [1.54, 1.807) is 0 Å². The maximum absolute atomic E-state index is 13.0. The van der Waals surface area contributed by atoms with E-state index in [1.165, 1.54) is 28.2 Å². The summed E-state index contributed by atoms with van der Waals surface area (Å²) in [4.78, 5) is 1.42. The van der Waals surface area contributed by atoms with Gasteiger partial charge in [0.2, 0.25) is 0 Å². The zero-order valence-electron chi connectivity index (χ0n) is 12.0. The number of fused-ring (bicyclic) bond motifs is 1. The van der Waals surface area contributed by atoms with Gasteiger partial charge in [0.05, 0.1) is 0 Å². The van der Waals surface area contributed by atoms with Crippen LogP contribution in [0, 0.1) is 11.7 Å². The third-order valence-corrected chi connectivity index (χ3v) is 5.43. The van der Waals surface area contributed by atoms with E-state index in [0.717, 1.165) is 19.3 Å². The molecule has 2 aromatic carbocycles. The topological polar surface area (TPSA) is 26.0 Å². The second-order valence-electron chi connectivity index (χ2n) is 5.72. The maximum atomic E-state index is 13.0. The van der Waals surface area contributed by atoms with Gasteiger partial charge in [-0.15, -0.1) is 11.8 Å². The van der Waals surface area contributed by atoms with Gasteiger partial charge in [0.1, 0.15) is 5.82 Å². The summed E-state index contributed by atoms with van der Waals surface area (Å²) in [6.07, 6.45) is 3.19. The van der Waals surface area contributed by atoms with Gasteiger partial charge >= 0.3 is 0 Å². The molecule has 1 heterocycles. The molecule has 0 amide bonds. The lowest BCUT2D eigenvalue weighted by atomic mass is 9.93. The molecule has 1 aliphatic rings. The molecule has 0 aromatic heterocycles. The minimum absolute atomic E-state index is 0.176. The van der Waals surface area contributed by atoms with Gasteiger partial charge in [0.15, 0.2) is 0 Å². The third-order valence-electron chi connectivity index (χ3n) is 4.08. The van der Waals surface area contributed by atoms with Crippen LogP contribution in [0.25, 0.3) is 0 Å². The molecule has 3 heteroatoms. The monoisotopic (exact) mass is 301 g/mol. The van der Waals surface area contributed by atoms with Crippen molar-refractivity contribution in [1.82, 2.24) is 0 Å². The van der Waals surface area contributed by atoms with Gasteiger partial charge in [-0.25, -0.2) is 4.39 Å². The molecule has 2 atom stereocenters. The zero-order chi connectivity index (χ0) is 14.7. The summed E-state index contributed by atoms with van der Waals surface area (Å²) in [5.74, 6) is 0.284. The standard InChI is InChI=1S/C18H20FNS/c19-16-7-5-13(6-8-16)9-14(12-20)10-17-11-15-3-1-2-4-18(15)21-17/h1-8,14,17H,9-12,20H2. The van der Waals surface area contributed by atoms with E-state index in [4.69, 9.17) is 5.73 Å². The molecule has 0 spiro atoms. The van der Waals surface area contributed by atoms with Crippen molar-refractivity contribution < 1.29 is 4.39 Å². The molecule has 0 bridgehead atoms. The first-order valence-corrected chi connectivity index (χ1v) is 8.31. The van der Waals surface area contributed by atoms with Gasteiger partial charge in [-0.1, -0.05) is 30.3 Å². The Balaban J connectivity index is 1.60. The second kappa shape index (κ2) is 6.63. The van der Waals surface area contributed by atoms with Gasteiger partial charge in [-0.2, -0.15) is 0 Å². The third kappa shape index (κ3) is 3.66. The SMILES string of the molecule is NCC(Cc1ccc(F)cc1)CC1Cc2ccccc2S1. The Morgan fingerprint density at radius 3 is 2.62 bits per heavy atom. The number of thioether (sulfide) groups is 1. The predicted octanol–water partition coefficient (Wildman–Crippen LogP) is 4.05. The Bertz CT molecular complexity index is 571. The van der Waals surface area contributed by atoms with Crippen molar-refractivity contribution in [1.29, 1.82) is 0 Å². The molecule has 2 aromatic rings. The molecule has 2 N–H and O–H groups in total. The van der Waals surface area contributed by atoms with Gasteiger partial charge < -0.3 is 5.73 Å². The molecule has 1 nitrogen and oxygen atoms in total. The molecule has 3 rings (SSSR count). The number of halogens is 1. The number of nitrogens with two attached hydrogens (primary N) is 1. The van der Waals surface area contributed by atoms with Gasteiger partial charge in [0, 0.05) is 10.1 Å². The summed E-state index contributed by atoms with van der Waals surface area (Å²) in [5.41, 5.74) is 8.59. The minimum Gasteiger partial charge on any atom is -0.330 e. The summed E-state index contributed by atoms with van der Waals surface area (Å²) in [7, 11) is 0. The highest BCUT2D eigenvalue weighted by Gasteiger charge is 2.24. The predicted molar refractivity (Wildman–Crippen MR) is 87.1 cm³/mol. The van der Waals surface area contributed by atoms with E-state index < -0.39 is 0 Å². The summed E-state index contributed by atoms with van der Waals surface area (Å²) in [6.45, 7) is 0.685. The van der Waals surface area contributed by atoms with Crippen LogP contribution in [0.2, 0.25) is 0 Å². The molecule has 110 valence electrons. The van der Waals surface area contributed by atoms with Crippen LogP contribution in [0.3, 0.4) is 0 Å². The molecule has 1 aliphatic heterocycles. The fourth-order valence-electron chi connectivity index (χ4n) is 2.97. The van der Waals surface area contributed by atoms with Crippen LogP contribution < -0.4 is 5.73 Å². The average Bonchev–Trinajstić information content (AvgIpc) is 2.91. The maximum Gasteiger partial charge on any atom is 0.123 e. The van der Waals surface area contributed by atoms with Crippen molar-refractivity contribution in [2.75, 3.05) is 6.54 Å². The molecular weight excluding hydrogens is 281 g/mol. The van der Waals surface area contributed by atoms with Gasteiger partial charge in [-0.05, 0) is 61.1 Å². The Kier molecular flexibility index (Phi) is 4.61. The summed E-state index contributed by atoms with van der Waals surface area (Å²) in [5, 5.41) is 0.622. The number of rotatable bonds is 5. The van der Waals surface area contributed by atoms with E-state index in [1.807, 2.05) is 23.9 Å². The lowest BCUT2D eigenvalue weighted by Gasteiger charge is -2.18. The lowest BCUT2D eigenvalue weighted by molar-refractivity contribution is 0.485. The first-order chi connectivity index (χ1) is 10.2. The van der Waals surface area contributed by atoms with Crippen molar-refractivity contribution in [3.8, 4) is 0 Å². The Hall–Kier alpha value is -1.32. The highest BCUT2D eigenvalue weighted by molar-refractivity contribution is 8.00. The average molecular weight is 301 g/mol. The van der Waals surface area contributed by atoms with Crippen LogP contribution in [0.1, 0.15) is 17.5 Å². The van der Waals surface area contributed by atoms with Crippen molar-refractivity contribution in [2.45, 2.75) is 29.4 Å². The van der Waals surface area contributed by atoms with Crippen molar-refractivity contribution in [2.24, 2.45) is 11.7 Å². The molecule has 0 saturated carbocycles. The van der Waals surface area contributed by atoms with Crippen LogP contribution in [-0.4, -0.2) is 11.8 Å². The molecule has 0 aliphatic carbocycles. The van der Waals surface area contributed by atoms with Gasteiger partial charge in [0.25, 0.3) is 0 Å². The smallest absolute Gasteiger partial charge is 0.123 e. The number of hydrogen-bond acceptors (Lipinski definition) is 2. The Morgan fingerprint density at radius 2 is 1.90 bits per heavy atom. The molecule has 2 unspecified atom stereocenters. The minimum atomic E-state index is -0.176. The first kappa shape index (κ1) is 14.6. The summed E-state index contributed by atoms with van der Waals surface area (Å²) < 4.78 is 13.0. The highest BCUT2D eigenvalue weighted by atomic mass is 32.2. The molecule has 0 radical (unpaired) electrons. The molecular formula is C18H20FNS. The fraction of sp³-hybridized carbons (Fsp3) is 0.333. The second-order valence-corrected chi connectivity index (χ2v) is 7.06. The highest BCUT2D eigenvalue weighted by Crippen LogP contribution is 2.39. The van der Waals surface area contributed by atoms with E-state index in [9.17, 15) is 4.39 Å². The number of benzene rings is 2. The first-order valence-electron chi connectivity index (χ1n) is 7.43. The lowest BCUT2D eigenvalue weighted by Crippen LogP contribution is -2.21. The van der Waals surface area contributed by atoms with E-state index in [0.29, 0.717) is 17.7 Å². The quantitative estimate of drug-likeness (QED) is 0.901. The summed E-state index contributed by atoms with van der Waals surface area (Å²) >= 11 is 1.98. The Labute approximate surface area is 129 Å². The van der Waals surface area contributed by atoms with Crippen molar-refractivity contribution in [3.63, 3.8) is 0 Å². The fourth-order valence-corrected chi connectivity index (χ4v) is 4.42. The number of hydrogen-bond donors (Lipinski definition) is 1. The van der Waals surface area contributed by atoms with E-state index in [2.05, 4.69) is 24.3 Å². The van der Waals surface area contributed by atoms with Crippen molar-refractivity contribution in [3.05, 3.63) is 65.5 Å². The van der Waals surface area contributed by atoms with E-state index in [-0.39, 0.29) is 5.82 Å². The normalized spacial score (nSPS) is 18.5. The van der Waals surface area contributed by atoms with Crippen LogP contribution in [-0.2, 0) is 12.8 Å².